The number of nitrogens with zero attached hydrogens (tertiary/aromatic N) is 1. The van der Waals surface area contributed by atoms with Gasteiger partial charge in [-0.15, -0.1) is 0 Å². The summed E-state index contributed by atoms with van der Waals surface area (Å²) in [6.07, 6.45) is 5.85. The van der Waals surface area contributed by atoms with Gasteiger partial charge in [0.1, 0.15) is 11.9 Å². The smallest absolute Gasteiger partial charge is 0.239 e. The van der Waals surface area contributed by atoms with Gasteiger partial charge in [-0.05, 0) is 44.9 Å². The van der Waals surface area contributed by atoms with E-state index in [1.807, 2.05) is 24.0 Å². The van der Waals surface area contributed by atoms with Crippen molar-refractivity contribution < 1.29 is 14.3 Å². The van der Waals surface area contributed by atoms with Gasteiger partial charge in [0.05, 0.1) is 18.8 Å². The quantitative estimate of drug-likeness (QED) is 0.863. The summed E-state index contributed by atoms with van der Waals surface area (Å²) in [5.41, 5.74) is 1.48. The molecule has 1 amide bonds. The summed E-state index contributed by atoms with van der Waals surface area (Å²) in [6.45, 7) is 4.49. The van der Waals surface area contributed by atoms with Crippen LogP contribution in [0.5, 0.6) is 5.75 Å². The average Bonchev–Trinajstić information content (AvgIpc) is 2.55. The fourth-order valence-electron chi connectivity index (χ4n) is 3.59. The van der Waals surface area contributed by atoms with Crippen LogP contribution in [0.1, 0.15) is 56.3 Å². The number of rotatable bonds is 4. The minimum atomic E-state index is 0.0167. The van der Waals surface area contributed by atoms with Gasteiger partial charge in [0, 0.05) is 11.6 Å². The Hall–Kier alpha value is -2.04. The molecule has 0 spiro atoms. The molecule has 1 N–H and O–H groups in total. The molecule has 5 nitrogen and oxygen atoms in total. The van der Waals surface area contributed by atoms with E-state index >= 15 is 0 Å². The van der Waals surface area contributed by atoms with Gasteiger partial charge in [0.2, 0.25) is 5.91 Å². The first kappa shape index (κ1) is 16.8. The first-order valence-corrected chi connectivity index (χ1v) is 8.89. The van der Waals surface area contributed by atoms with Crippen LogP contribution in [0.2, 0.25) is 0 Å². The number of ketones is 1. The van der Waals surface area contributed by atoms with Crippen LogP contribution < -0.4 is 15.0 Å². The molecule has 3 rings (SSSR count). The molecule has 1 atom stereocenters. The van der Waals surface area contributed by atoms with Gasteiger partial charge in [-0.2, -0.15) is 0 Å². The van der Waals surface area contributed by atoms with Crippen LogP contribution in [0.4, 0.5) is 5.69 Å². The van der Waals surface area contributed by atoms with Crippen LogP contribution in [0, 0.1) is 0 Å². The molecule has 1 aliphatic carbocycles. The van der Waals surface area contributed by atoms with Crippen molar-refractivity contribution in [2.45, 2.75) is 58.1 Å². The van der Waals surface area contributed by atoms with E-state index in [1.165, 1.54) is 19.3 Å². The predicted molar refractivity (Wildman–Crippen MR) is 93.8 cm³/mol. The number of carbonyl (C=O) groups is 2. The molecule has 1 aliphatic heterocycles. The zero-order chi connectivity index (χ0) is 17.1. The molecule has 0 bridgehead atoms. The maximum atomic E-state index is 12.5. The molecule has 1 fully saturated rings. The second-order valence-corrected chi connectivity index (χ2v) is 6.95. The summed E-state index contributed by atoms with van der Waals surface area (Å²) in [5, 5.41) is 3.16. The minimum Gasteiger partial charge on any atom is -0.487 e. The van der Waals surface area contributed by atoms with Gasteiger partial charge in [0.15, 0.2) is 5.78 Å². The Morgan fingerprint density at radius 2 is 2.00 bits per heavy atom. The number of Topliss-reactive ketones (excluding diaryl/α,β-unsaturated/α-hetero) is 1. The molecule has 1 saturated carbocycles. The average molecular weight is 330 g/mol. The molecule has 0 aromatic heterocycles. The van der Waals surface area contributed by atoms with Gasteiger partial charge in [-0.1, -0.05) is 19.3 Å². The van der Waals surface area contributed by atoms with E-state index in [4.69, 9.17) is 4.74 Å². The highest BCUT2D eigenvalue weighted by atomic mass is 16.5. The lowest BCUT2D eigenvalue weighted by Gasteiger charge is -2.35. The van der Waals surface area contributed by atoms with Crippen LogP contribution >= 0.6 is 0 Å². The Bertz CT molecular complexity index is 623. The standard InChI is InChI=1S/C19H26N2O3/c1-13-11-21(12-19(23)20-16-6-4-3-5-7-16)17-10-15(14(2)22)8-9-18(17)24-13/h8-10,13,16H,3-7,11-12H2,1-2H3,(H,20,23). The number of hydrogen-bond donors (Lipinski definition) is 1. The highest BCUT2D eigenvalue weighted by molar-refractivity contribution is 5.96. The zero-order valence-electron chi connectivity index (χ0n) is 14.5. The number of anilines is 1. The molecule has 1 aromatic carbocycles. The van der Waals surface area contributed by atoms with Crippen LogP contribution in [0.15, 0.2) is 18.2 Å². The molecule has 130 valence electrons. The fraction of sp³-hybridized carbons (Fsp3) is 0.579. The van der Waals surface area contributed by atoms with E-state index in [0.717, 1.165) is 24.3 Å². The van der Waals surface area contributed by atoms with Crippen molar-refractivity contribution >= 4 is 17.4 Å². The number of hydrogen-bond acceptors (Lipinski definition) is 4. The second-order valence-electron chi connectivity index (χ2n) is 6.95. The van der Waals surface area contributed by atoms with Gasteiger partial charge in [-0.3, -0.25) is 9.59 Å². The molecule has 2 aliphatic rings. The highest BCUT2D eigenvalue weighted by Gasteiger charge is 2.26. The van der Waals surface area contributed by atoms with Crippen molar-refractivity contribution in [2.24, 2.45) is 0 Å². The Morgan fingerprint density at radius 3 is 2.71 bits per heavy atom. The van der Waals surface area contributed by atoms with Gasteiger partial charge < -0.3 is 15.0 Å². The van der Waals surface area contributed by atoms with Crippen molar-refractivity contribution in [3.63, 3.8) is 0 Å². The summed E-state index contributed by atoms with van der Waals surface area (Å²) in [5.74, 6) is 0.808. The number of carbonyl (C=O) groups excluding carboxylic acids is 2. The van der Waals surface area contributed by atoms with Gasteiger partial charge in [0.25, 0.3) is 0 Å². The SMILES string of the molecule is CC(=O)c1ccc2c(c1)N(CC(=O)NC1CCCCC1)CC(C)O2. The van der Waals surface area contributed by atoms with Gasteiger partial charge >= 0.3 is 0 Å². The predicted octanol–water partition coefficient (Wildman–Crippen LogP) is 2.93. The number of benzene rings is 1. The summed E-state index contributed by atoms with van der Waals surface area (Å²) in [6, 6.07) is 5.75. The number of ether oxygens (including phenoxy) is 1. The fourth-order valence-corrected chi connectivity index (χ4v) is 3.59. The third-order valence-electron chi connectivity index (χ3n) is 4.82. The lowest BCUT2D eigenvalue weighted by atomic mass is 9.95. The van der Waals surface area contributed by atoms with E-state index in [1.54, 1.807) is 13.0 Å². The largest absolute Gasteiger partial charge is 0.487 e. The van der Waals surface area contributed by atoms with Crippen molar-refractivity contribution in [2.75, 3.05) is 18.0 Å². The molecular formula is C19H26N2O3. The lowest BCUT2D eigenvalue weighted by molar-refractivity contribution is -0.120. The van der Waals surface area contributed by atoms with Crippen LogP contribution in [0.25, 0.3) is 0 Å². The Labute approximate surface area is 143 Å². The normalized spacial score (nSPS) is 20.9. The van der Waals surface area contributed by atoms with Crippen LogP contribution in [-0.4, -0.2) is 36.9 Å². The zero-order valence-corrected chi connectivity index (χ0v) is 14.5. The van der Waals surface area contributed by atoms with Gasteiger partial charge in [-0.25, -0.2) is 0 Å². The lowest BCUT2D eigenvalue weighted by Crippen LogP contribution is -2.47. The highest BCUT2D eigenvalue weighted by Crippen LogP contribution is 2.34. The molecule has 0 saturated heterocycles. The van der Waals surface area contributed by atoms with Crippen LogP contribution in [-0.2, 0) is 4.79 Å². The molecular weight excluding hydrogens is 304 g/mol. The van der Waals surface area contributed by atoms with E-state index in [9.17, 15) is 9.59 Å². The minimum absolute atomic E-state index is 0.0167. The maximum Gasteiger partial charge on any atom is 0.239 e. The number of nitrogens with one attached hydrogen (secondary N) is 1. The number of amides is 1. The van der Waals surface area contributed by atoms with E-state index < -0.39 is 0 Å². The maximum absolute atomic E-state index is 12.5. The topological polar surface area (TPSA) is 58.6 Å². The van der Waals surface area contributed by atoms with Crippen molar-refractivity contribution in [1.29, 1.82) is 0 Å². The van der Waals surface area contributed by atoms with Crippen LogP contribution in [0.3, 0.4) is 0 Å². The monoisotopic (exact) mass is 330 g/mol. The summed E-state index contributed by atoms with van der Waals surface area (Å²) < 4.78 is 5.84. The van der Waals surface area contributed by atoms with E-state index in [0.29, 0.717) is 24.7 Å². The Morgan fingerprint density at radius 1 is 1.25 bits per heavy atom. The third kappa shape index (κ3) is 3.89. The Kier molecular flexibility index (Phi) is 5.07. The van der Waals surface area contributed by atoms with Crippen molar-refractivity contribution in [3.8, 4) is 5.75 Å². The summed E-state index contributed by atoms with van der Waals surface area (Å²) >= 11 is 0. The first-order valence-electron chi connectivity index (χ1n) is 8.89. The molecule has 1 aromatic rings. The van der Waals surface area contributed by atoms with Crippen molar-refractivity contribution in [1.82, 2.24) is 5.32 Å². The third-order valence-corrected chi connectivity index (χ3v) is 4.82. The first-order chi connectivity index (χ1) is 11.5. The van der Waals surface area contributed by atoms with Crippen molar-refractivity contribution in [3.05, 3.63) is 23.8 Å². The van der Waals surface area contributed by atoms with E-state index in [2.05, 4.69) is 5.32 Å². The Balaban J connectivity index is 1.72. The second kappa shape index (κ2) is 7.24. The summed E-state index contributed by atoms with van der Waals surface area (Å²) in [7, 11) is 0. The summed E-state index contributed by atoms with van der Waals surface area (Å²) in [4.78, 5) is 26.1. The van der Waals surface area contributed by atoms with E-state index in [-0.39, 0.29) is 17.8 Å². The molecule has 5 heteroatoms. The molecule has 0 radical (unpaired) electrons. The molecule has 1 heterocycles. The molecule has 24 heavy (non-hydrogen) atoms. The molecule has 1 unspecified atom stereocenters. The number of fused-ring (bicyclic) bond motifs is 1.